The van der Waals surface area contributed by atoms with Crippen LogP contribution >= 0.6 is 0 Å². The lowest BCUT2D eigenvalue weighted by molar-refractivity contribution is -0.116. The van der Waals surface area contributed by atoms with Crippen LogP contribution in [0, 0.1) is 0 Å². The number of hydrogen-bond acceptors (Lipinski definition) is 3. The van der Waals surface area contributed by atoms with Crippen molar-refractivity contribution in [3.63, 3.8) is 0 Å². The van der Waals surface area contributed by atoms with Crippen LogP contribution in [0.5, 0.6) is 0 Å². The van der Waals surface area contributed by atoms with E-state index in [4.69, 9.17) is 0 Å². The summed E-state index contributed by atoms with van der Waals surface area (Å²) in [6.45, 7) is 0. The number of nitrogens with zero attached hydrogens (tertiary/aromatic N) is 1. The number of pyridine rings is 1. The molecule has 2 aromatic rings. The summed E-state index contributed by atoms with van der Waals surface area (Å²) in [5.74, 6) is 0.311. The van der Waals surface area contributed by atoms with Gasteiger partial charge in [0.2, 0.25) is 0 Å². The summed E-state index contributed by atoms with van der Waals surface area (Å²) >= 11 is 0. The summed E-state index contributed by atoms with van der Waals surface area (Å²) in [6, 6.07) is 8.17. The summed E-state index contributed by atoms with van der Waals surface area (Å²) in [5, 5.41) is 4.63. The minimum absolute atomic E-state index is 0.311. The van der Waals surface area contributed by atoms with Crippen molar-refractivity contribution in [2.45, 2.75) is 25.7 Å². The van der Waals surface area contributed by atoms with E-state index in [-0.39, 0.29) is 0 Å². The van der Waals surface area contributed by atoms with Crippen LogP contribution in [0.1, 0.15) is 24.8 Å². The highest BCUT2D eigenvalue weighted by Crippen LogP contribution is 2.37. The third-order valence-electron chi connectivity index (χ3n) is 4.05. The number of Topliss-reactive ketones (excluding diaryl/α,β-unsaturated/α-hetero) is 1. The zero-order valence-corrected chi connectivity index (χ0v) is 10.6. The maximum Gasteiger partial charge on any atom is 0.160 e. The highest BCUT2D eigenvalue weighted by atomic mass is 16.1. The summed E-state index contributed by atoms with van der Waals surface area (Å²) in [4.78, 5) is 16.4. The number of fused-ring (bicyclic) bond motifs is 3. The number of aromatic nitrogens is 1. The van der Waals surface area contributed by atoms with Crippen molar-refractivity contribution in [2.75, 3.05) is 5.32 Å². The summed E-state index contributed by atoms with van der Waals surface area (Å²) < 4.78 is 0. The van der Waals surface area contributed by atoms with E-state index in [9.17, 15) is 4.79 Å². The monoisotopic (exact) mass is 250 g/mol. The predicted molar refractivity (Wildman–Crippen MR) is 75.0 cm³/mol. The number of carbonyl (C=O) groups excluding carboxylic acids is 1. The molecule has 0 saturated carbocycles. The Balaban J connectivity index is 1.90. The Morgan fingerprint density at radius 3 is 3.05 bits per heavy atom. The number of benzene rings is 1. The minimum atomic E-state index is 0.311. The van der Waals surface area contributed by atoms with E-state index < -0.39 is 0 Å². The molecule has 19 heavy (non-hydrogen) atoms. The van der Waals surface area contributed by atoms with Gasteiger partial charge in [-0.2, -0.15) is 0 Å². The first-order valence-electron chi connectivity index (χ1n) is 6.72. The zero-order chi connectivity index (χ0) is 12.8. The molecule has 0 radical (unpaired) electrons. The third-order valence-corrected chi connectivity index (χ3v) is 4.05. The van der Waals surface area contributed by atoms with Gasteiger partial charge in [-0.15, -0.1) is 0 Å². The first-order valence-corrected chi connectivity index (χ1v) is 6.72. The number of carbonyl (C=O) groups is 1. The summed E-state index contributed by atoms with van der Waals surface area (Å²) in [5.41, 5.74) is 5.45. The van der Waals surface area contributed by atoms with Gasteiger partial charge in [-0.1, -0.05) is 6.07 Å². The van der Waals surface area contributed by atoms with Gasteiger partial charge in [-0.3, -0.25) is 9.78 Å². The first kappa shape index (κ1) is 10.7. The second-order valence-corrected chi connectivity index (χ2v) is 5.21. The molecule has 94 valence electrons. The van der Waals surface area contributed by atoms with E-state index in [2.05, 4.69) is 22.4 Å². The van der Waals surface area contributed by atoms with E-state index in [0.29, 0.717) is 12.2 Å². The molecule has 3 nitrogen and oxygen atoms in total. The van der Waals surface area contributed by atoms with Gasteiger partial charge in [0.05, 0.1) is 11.2 Å². The van der Waals surface area contributed by atoms with Gasteiger partial charge in [0.1, 0.15) is 0 Å². The van der Waals surface area contributed by atoms with Gasteiger partial charge < -0.3 is 5.32 Å². The van der Waals surface area contributed by atoms with Crippen LogP contribution < -0.4 is 5.32 Å². The van der Waals surface area contributed by atoms with Gasteiger partial charge in [-0.25, -0.2) is 0 Å². The molecule has 0 bridgehead atoms. The standard InChI is InChI=1S/C16H14N2O/c19-15-5-1-4-14-12(15)9-10-6-7-13-11(16(10)18-14)3-2-8-17-13/h2-3,6-8,18H,1,4-5,9H2. The SMILES string of the molecule is O=C1CCCC2=C1Cc1ccc3ncccc3c1N2. The molecule has 0 unspecified atom stereocenters. The Hall–Kier alpha value is -2.16. The van der Waals surface area contributed by atoms with E-state index in [1.165, 1.54) is 5.56 Å². The van der Waals surface area contributed by atoms with Crippen LogP contribution in [0.15, 0.2) is 41.7 Å². The molecule has 1 aliphatic carbocycles. The molecule has 3 heteroatoms. The quantitative estimate of drug-likeness (QED) is 0.780. The van der Waals surface area contributed by atoms with E-state index >= 15 is 0 Å². The second-order valence-electron chi connectivity index (χ2n) is 5.21. The minimum Gasteiger partial charge on any atom is -0.358 e. The van der Waals surface area contributed by atoms with E-state index in [1.54, 1.807) is 0 Å². The molecule has 0 fully saturated rings. The van der Waals surface area contributed by atoms with Crippen LogP contribution in [0.3, 0.4) is 0 Å². The maximum absolute atomic E-state index is 12.0. The highest BCUT2D eigenvalue weighted by Gasteiger charge is 2.26. The molecule has 1 aliphatic heterocycles. The number of hydrogen-bond donors (Lipinski definition) is 1. The molecular formula is C16H14N2O. The van der Waals surface area contributed by atoms with Crippen LogP contribution in [-0.4, -0.2) is 10.8 Å². The molecule has 2 heterocycles. The topological polar surface area (TPSA) is 42.0 Å². The molecule has 0 atom stereocenters. The van der Waals surface area contributed by atoms with Crippen LogP contribution in [0.2, 0.25) is 0 Å². The average molecular weight is 250 g/mol. The fraction of sp³-hybridized carbons (Fsp3) is 0.250. The molecule has 4 rings (SSSR count). The number of anilines is 1. The third kappa shape index (κ3) is 1.58. The molecule has 2 aliphatic rings. The van der Waals surface area contributed by atoms with Gasteiger partial charge in [0.15, 0.2) is 5.78 Å². The Morgan fingerprint density at radius 2 is 2.11 bits per heavy atom. The summed E-state index contributed by atoms with van der Waals surface area (Å²) in [7, 11) is 0. The van der Waals surface area contributed by atoms with Crippen molar-refractivity contribution in [3.8, 4) is 0 Å². The van der Waals surface area contributed by atoms with Gasteiger partial charge in [-0.05, 0) is 36.6 Å². The average Bonchev–Trinajstić information content (AvgIpc) is 2.46. The van der Waals surface area contributed by atoms with E-state index in [0.717, 1.165) is 47.1 Å². The van der Waals surface area contributed by atoms with Gasteiger partial charge in [0.25, 0.3) is 0 Å². The number of rotatable bonds is 0. The van der Waals surface area contributed by atoms with Crippen LogP contribution in [0.25, 0.3) is 10.9 Å². The molecule has 0 spiro atoms. The van der Waals surface area contributed by atoms with Gasteiger partial charge in [0, 0.05) is 35.7 Å². The molecule has 1 aromatic carbocycles. The molecule has 1 N–H and O–H groups in total. The highest BCUT2D eigenvalue weighted by molar-refractivity contribution is 6.02. The van der Waals surface area contributed by atoms with Gasteiger partial charge >= 0.3 is 0 Å². The Kier molecular flexibility index (Phi) is 2.21. The molecular weight excluding hydrogens is 236 g/mol. The van der Waals surface area contributed by atoms with Crippen molar-refractivity contribution in [2.24, 2.45) is 0 Å². The second kappa shape index (κ2) is 3.92. The molecule has 1 aromatic heterocycles. The van der Waals surface area contributed by atoms with E-state index in [1.807, 2.05) is 18.3 Å². The normalized spacial score (nSPS) is 18.0. The Bertz CT molecular complexity index is 731. The summed E-state index contributed by atoms with van der Waals surface area (Å²) in [6.07, 6.45) is 5.22. The first-order chi connectivity index (χ1) is 9.33. The lowest BCUT2D eigenvalue weighted by Crippen LogP contribution is -2.22. The number of nitrogens with one attached hydrogen (secondary N) is 1. The van der Waals surface area contributed by atoms with Crippen molar-refractivity contribution in [1.29, 1.82) is 0 Å². The fourth-order valence-corrected chi connectivity index (χ4v) is 3.07. The predicted octanol–water partition coefficient (Wildman–Crippen LogP) is 3.21. The molecule has 0 saturated heterocycles. The largest absolute Gasteiger partial charge is 0.358 e. The zero-order valence-electron chi connectivity index (χ0n) is 10.6. The van der Waals surface area contributed by atoms with Crippen molar-refractivity contribution in [1.82, 2.24) is 4.98 Å². The van der Waals surface area contributed by atoms with Crippen molar-refractivity contribution >= 4 is 22.4 Å². The lowest BCUT2D eigenvalue weighted by Gasteiger charge is -2.28. The maximum atomic E-state index is 12.0. The smallest absolute Gasteiger partial charge is 0.160 e. The van der Waals surface area contributed by atoms with Crippen molar-refractivity contribution in [3.05, 3.63) is 47.3 Å². The van der Waals surface area contributed by atoms with Crippen molar-refractivity contribution < 1.29 is 4.79 Å². The van der Waals surface area contributed by atoms with Crippen LogP contribution in [-0.2, 0) is 11.2 Å². The lowest BCUT2D eigenvalue weighted by atomic mass is 9.86. The Morgan fingerprint density at radius 1 is 1.16 bits per heavy atom. The number of ketones is 1. The Labute approximate surface area is 111 Å². The van der Waals surface area contributed by atoms with Crippen LogP contribution in [0.4, 0.5) is 5.69 Å². The number of allylic oxidation sites excluding steroid dienone is 2. The molecule has 0 amide bonds. The fourth-order valence-electron chi connectivity index (χ4n) is 3.07.